The van der Waals surface area contributed by atoms with E-state index >= 15 is 0 Å². The smallest absolute Gasteiger partial charge is 0.410 e. The summed E-state index contributed by atoms with van der Waals surface area (Å²) in [5.41, 5.74) is 7.00. The zero-order valence-corrected chi connectivity index (χ0v) is 13.8. The lowest BCUT2D eigenvalue weighted by molar-refractivity contribution is 0.0198. The van der Waals surface area contributed by atoms with Gasteiger partial charge in [0.25, 0.3) is 0 Å². The first-order valence-corrected chi connectivity index (χ1v) is 7.57. The number of nitrogen functional groups attached to an aromatic ring is 1. The molecule has 2 N–H and O–H groups in total. The SMILES string of the molecule is COc1ncc([C@@H]2CCCN(C(=O)OC(C)(C)C)C2)cc1N. The van der Waals surface area contributed by atoms with Crippen LogP contribution in [0.15, 0.2) is 12.3 Å². The number of carbonyl (C=O) groups is 1. The second kappa shape index (κ2) is 6.42. The molecular formula is C16H25N3O3. The number of methoxy groups -OCH3 is 1. The molecule has 1 aliphatic rings. The predicted octanol–water partition coefficient (Wildman–Crippen LogP) is 2.79. The Kier molecular flexibility index (Phi) is 4.78. The number of ether oxygens (including phenoxy) is 2. The Hall–Kier alpha value is -1.98. The van der Waals surface area contributed by atoms with Crippen molar-refractivity contribution < 1.29 is 14.3 Å². The lowest BCUT2D eigenvalue weighted by Crippen LogP contribution is -2.42. The third-order valence-corrected chi connectivity index (χ3v) is 3.64. The molecule has 6 nitrogen and oxygen atoms in total. The first kappa shape index (κ1) is 16.4. The van der Waals surface area contributed by atoms with Gasteiger partial charge < -0.3 is 20.1 Å². The Morgan fingerprint density at radius 3 is 2.77 bits per heavy atom. The highest BCUT2D eigenvalue weighted by Gasteiger charge is 2.28. The van der Waals surface area contributed by atoms with Crippen LogP contribution in [0.25, 0.3) is 0 Å². The van der Waals surface area contributed by atoms with Crippen molar-refractivity contribution in [2.45, 2.75) is 45.1 Å². The molecule has 1 aromatic heterocycles. The molecule has 1 amide bonds. The van der Waals surface area contributed by atoms with Gasteiger partial charge in [0.1, 0.15) is 5.60 Å². The fraction of sp³-hybridized carbons (Fsp3) is 0.625. The van der Waals surface area contributed by atoms with Crippen molar-refractivity contribution in [1.82, 2.24) is 9.88 Å². The lowest BCUT2D eigenvalue weighted by atomic mass is 9.91. The molecule has 122 valence electrons. The minimum Gasteiger partial charge on any atom is -0.480 e. The number of aromatic nitrogens is 1. The number of anilines is 1. The van der Waals surface area contributed by atoms with Crippen LogP contribution in [0.5, 0.6) is 5.88 Å². The van der Waals surface area contributed by atoms with Gasteiger partial charge >= 0.3 is 6.09 Å². The van der Waals surface area contributed by atoms with E-state index in [1.807, 2.05) is 26.8 Å². The zero-order valence-electron chi connectivity index (χ0n) is 13.8. The molecule has 0 saturated carbocycles. The molecule has 0 aromatic carbocycles. The van der Waals surface area contributed by atoms with Gasteiger partial charge in [-0.2, -0.15) is 0 Å². The molecule has 1 saturated heterocycles. The maximum atomic E-state index is 12.2. The third-order valence-electron chi connectivity index (χ3n) is 3.64. The number of pyridine rings is 1. The van der Waals surface area contributed by atoms with Crippen LogP contribution in [0.4, 0.5) is 10.5 Å². The van der Waals surface area contributed by atoms with Crippen LogP contribution < -0.4 is 10.5 Å². The van der Waals surface area contributed by atoms with Gasteiger partial charge in [-0.05, 0) is 45.2 Å². The lowest BCUT2D eigenvalue weighted by Gasteiger charge is -2.34. The Bertz CT molecular complexity index is 540. The van der Waals surface area contributed by atoms with Crippen LogP contribution >= 0.6 is 0 Å². The summed E-state index contributed by atoms with van der Waals surface area (Å²) in [5.74, 6) is 0.658. The molecule has 0 bridgehead atoms. The fourth-order valence-corrected chi connectivity index (χ4v) is 2.62. The largest absolute Gasteiger partial charge is 0.480 e. The average Bonchev–Trinajstić information content (AvgIpc) is 2.45. The van der Waals surface area contributed by atoms with Crippen molar-refractivity contribution in [1.29, 1.82) is 0 Å². The van der Waals surface area contributed by atoms with Crippen molar-refractivity contribution in [3.05, 3.63) is 17.8 Å². The van der Waals surface area contributed by atoms with E-state index in [2.05, 4.69) is 4.98 Å². The van der Waals surface area contributed by atoms with Crippen LogP contribution in [-0.2, 0) is 4.74 Å². The van der Waals surface area contributed by atoms with Gasteiger partial charge in [-0.1, -0.05) is 0 Å². The van der Waals surface area contributed by atoms with Gasteiger partial charge in [0.15, 0.2) is 0 Å². The maximum absolute atomic E-state index is 12.2. The van der Waals surface area contributed by atoms with Gasteiger partial charge in [-0.25, -0.2) is 9.78 Å². The van der Waals surface area contributed by atoms with E-state index in [0.29, 0.717) is 18.1 Å². The molecule has 0 unspecified atom stereocenters. The Morgan fingerprint density at radius 2 is 2.18 bits per heavy atom. The van der Waals surface area contributed by atoms with Crippen LogP contribution in [0.3, 0.4) is 0 Å². The zero-order chi connectivity index (χ0) is 16.3. The third kappa shape index (κ3) is 4.02. The highest BCUT2D eigenvalue weighted by atomic mass is 16.6. The van der Waals surface area contributed by atoms with Gasteiger partial charge in [0.05, 0.1) is 12.8 Å². The van der Waals surface area contributed by atoms with E-state index in [-0.39, 0.29) is 12.0 Å². The molecule has 22 heavy (non-hydrogen) atoms. The first-order chi connectivity index (χ1) is 10.3. The van der Waals surface area contributed by atoms with Gasteiger partial charge in [-0.3, -0.25) is 0 Å². The fourth-order valence-electron chi connectivity index (χ4n) is 2.62. The van der Waals surface area contributed by atoms with Crippen LogP contribution in [0, 0.1) is 0 Å². The minimum absolute atomic E-state index is 0.224. The molecule has 1 aliphatic heterocycles. The van der Waals surface area contributed by atoms with E-state index in [9.17, 15) is 4.79 Å². The van der Waals surface area contributed by atoms with E-state index in [4.69, 9.17) is 15.2 Å². The topological polar surface area (TPSA) is 77.7 Å². The minimum atomic E-state index is -0.476. The second-order valence-electron chi connectivity index (χ2n) is 6.63. The van der Waals surface area contributed by atoms with E-state index in [0.717, 1.165) is 24.9 Å². The van der Waals surface area contributed by atoms with E-state index < -0.39 is 5.60 Å². The summed E-state index contributed by atoms with van der Waals surface area (Å²) in [5, 5.41) is 0. The molecule has 1 fully saturated rings. The first-order valence-electron chi connectivity index (χ1n) is 7.57. The number of carbonyl (C=O) groups excluding carboxylic acids is 1. The van der Waals surface area contributed by atoms with Gasteiger partial charge in [0.2, 0.25) is 5.88 Å². The summed E-state index contributed by atoms with van der Waals surface area (Å²) in [6.45, 7) is 6.98. The van der Waals surface area contributed by atoms with Crippen molar-refractivity contribution in [2.24, 2.45) is 0 Å². The molecule has 0 radical (unpaired) electrons. The number of likely N-dealkylation sites (tertiary alicyclic amines) is 1. The number of hydrogen-bond acceptors (Lipinski definition) is 5. The second-order valence-corrected chi connectivity index (χ2v) is 6.63. The summed E-state index contributed by atoms with van der Waals surface area (Å²) in [4.78, 5) is 18.2. The number of nitrogens with zero attached hydrogens (tertiary/aromatic N) is 2. The average molecular weight is 307 g/mol. The molecule has 1 aromatic rings. The normalized spacial score (nSPS) is 18.9. The Morgan fingerprint density at radius 1 is 1.45 bits per heavy atom. The number of rotatable bonds is 2. The number of amides is 1. The van der Waals surface area contributed by atoms with E-state index in [1.165, 1.54) is 0 Å². The van der Waals surface area contributed by atoms with Crippen molar-refractivity contribution in [2.75, 3.05) is 25.9 Å². The molecular weight excluding hydrogens is 282 g/mol. The highest BCUT2D eigenvalue weighted by Crippen LogP contribution is 2.30. The number of nitrogens with two attached hydrogens (primary N) is 1. The summed E-state index contributed by atoms with van der Waals surface area (Å²) in [7, 11) is 1.54. The molecule has 0 aliphatic carbocycles. The monoisotopic (exact) mass is 307 g/mol. The summed E-state index contributed by atoms with van der Waals surface area (Å²) in [6, 6.07) is 1.88. The van der Waals surface area contributed by atoms with Gasteiger partial charge in [-0.15, -0.1) is 0 Å². The quantitative estimate of drug-likeness (QED) is 0.909. The predicted molar refractivity (Wildman–Crippen MR) is 85.0 cm³/mol. The highest BCUT2D eigenvalue weighted by molar-refractivity contribution is 5.68. The molecule has 6 heteroatoms. The molecule has 2 rings (SSSR count). The Balaban J connectivity index is 2.07. The van der Waals surface area contributed by atoms with Gasteiger partial charge in [0, 0.05) is 25.2 Å². The maximum Gasteiger partial charge on any atom is 0.410 e. The summed E-state index contributed by atoms with van der Waals surface area (Å²) >= 11 is 0. The molecule has 2 heterocycles. The van der Waals surface area contributed by atoms with Crippen molar-refractivity contribution >= 4 is 11.8 Å². The number of piperidine rings is 1. The Labute approximate surface area is 131 Å². The van der Waals surface area contributed by atoms with E-state index in [1.54, 1.807) is 18.2 Å². The number of hydrogen-bond donors (Lipinski definition) is 1. The van der Waals surface area contributed by atoms with Crippen molar-refractivity contribution in [3.8, 4) is 5.88 Å². The van der Waals surface area contributed by atoms with Crippen LogP contribution in [-0.4, -0.2) is 41.8 Å². The van der Waals surface area contributed by atoms with Crippen molar-refractivity contribution in [3.63, 3.8) is 0 Å². The summed E-state index contributed by atoms with van der Waals surface area (Å²) in [6.07, 6.45) is 3.47. The molecule has 0 spiro atoms. The standard InChI is InChI=1S/C16H25N3O3/c1-16(2,3)22-15(20)19-7-5-6-11(10-19)12-8-13(17)14(21-4)18-9-12/h8-9,11H,5-7,10,17H2,1-4H3/t11-/m1/s1. The molecule has 1 atom stereocenters. The van der Waals surface area contributed by atoms with Crippen LogP contribution in [0.2, 0.25) is 0 Å². The van der Waals surface area contributed by atoms with Crippen LogP contribution in [0.1, 0.15) is 45.1 Å². The summed E-state index contributed by atoms with van der Waals surface area (Å²) < 4.78 is 10.5.